The van der Waals surface area contributed by atoms with Crippen LogP contribution in [0, 0.1) is 0 Å². The number of hydrogen-bond acceptors (Lipinski definition) is 6. The van der Waals surface area contributed by atoms with Crippen LogP contribution >= 0.6 is 11.7 Å². The second-order valence-corrected chi connectivity index (χ2v) is 6.95. The number of aromatic nitrogens is 2. The summed E-state index contributed by atoms with van der Waals surface area (Å²) in [6.07, 6.45) is 0. The summed E-state index contributed by atoms with van der Waals surface area (Å²) in [4.78, 5) is 17.0. The third kappa shape index (κ3) is 3.15. The first-order valence-electron chi connectivity index (χ1n) is 8.56. The molecule has 6 nitrogen and oxygen atoms in total. The maximum atomic E-state index is 12.9. The molecular weight excluding hydrogens is 348 g/mol. The van der Waals surface area contributed by atoms with E-state index in [0.717, 1.165) is 41.1 Å². The summed E-state index contributed by atoms with van der Waals surface area (Å²) in [5.41, 5.74) is 3.91. The Kier molecular flexibility index (Phi) is 4.57. The maximum Gasteiger partial charge on any atom is 0.244 e. The number of hydrogen-bond donors (Lipinski definition) is 0. The van der Waals surface area contributed by atoms with E-state index in [1.54, 1.807) is 7.11 Å². The molecule has 0 saturated carbocycles. The molecule has 1 saturated heterocycles. The second kappa shape index (κ2) is 7.01. The maximum absolute atomic E-state index is 12.9. The van der Waals surface area contributed by atoms with Crippen LogP contribution in [0.4, 0.5) is 5.69 Å². The van der Waals surface area contributed by atoms with Crippen LogP contribution in [0.5, 0.6) is 5.75 Å². The normalized spacial score (nSPS) is 18.5. The van der Waals surface area contributed by atoms with Gasteiger partial charge in [0.25, 0.3) is 0 Å². The van der Waals surface area contributed by atoms with Crippen molar-refractivity contribution in [2.24, 2.45) is 0 Å². The molecule has 0 spiro atoms. The number of anilines is 1. The Hall–Kier alpha value is -2.51. The van der Waals surface area contributed by atoms with Crippen molar-refractivity contribution in [3.8, 4) is 5.75 Å². The second-order valence-electron chi connectivity index (χ2n) is 6.42. The lowest BCUT2D eigenvalue weighted by Crippen LogP contribution is -2.55. The van der Waals surface area contributed by atoms with Crippen molar-refractivity contribution >= 4 is 34.4 Å². The van der Waals surface area contributed by atoms with E-state index in [2.05, 4.69) is 25.8 Å². The highest BCUT2D eigenvalue weighted by atomic mass is 32.1. The average molecular weight is 368 g/mol. The lowest BCUT2D eigenvalue weighted by molar-refractivity contribution is -0.125. The van der Waals surface area contributed by atoms with E-state index in [1.165, 1.54) is 11.7 Å². The van der Waals surface area contributed by atoms with E-state index in [9.17, 15) is 4.79 Å². The van der Waals surface area contributed by atoms with Crippen LogP contribution in [0.2, 0.25) is 0 Å². The standard InChI is InChI=1S/C19H20N4O2S/c1-13-19(24)23(15-4-6-16(25-2)7-5-15)10-9-22(13)12-14-3-8-17-18(11-14)21-26-20-17/h3-8,11,13H,9-10,12H2,1-2H3/t13-/m1/s1. The number of fused-ring (bicyclic) bond motifs is 1. The molecule has 4 rings (SSSR count). The van der Waals surface area contributed by atoms with Crippen LogP contribution in [-0.2, 0) is 11.3 Å². The topological polar surface area (TPSA) is 58.6 Å². The quantitative estimate of drug-likeness (QED) is 0.709. The van der Waals surface area contributed by atoms with Crippen molar-refractivity contribution in [3.05, 3.63) is 48.0 Å². The van der Waals surface area contributed by atoms with Crippen LogP contribution in [0.15, 0.2) is 42.5 Å². The summed E-state index contributed by atoms with van der Waals surface area (Å²) in [7, 11) is 1.64. The molecule has 0 N–H and O–H groups in total. The largest absolute Gasteiger partial charge is 0.497 e. The molecule has 1 aromatic heterocycles. The Balaban J connectivity index is 1.48. The molecule has 2 heterocycles. The van der Waals surface area contributed by atoms with Crippen molar-refractivity contribution in [3.63, 3.8) is 0 Å². The predicted octanol–water partition coefficient (Wildman–Crippen LogP) is 2.94. The summed E-state index contributed by atoms with van der Waals surface area (Å²) in [5.74, 6) is 0.914. The van der Waals surface area contributed by atoms with Gasteiger partial charge in [-0.25, -0.2) is 0 Å². The van der Waals surface area contributed by atoms with Gasteiger partial charge < -0.3 is 9.64 Å². The summed E-state index contributed by atoms with van der Waals surface area (Å²) in [5, 5.41) is 0. The Morgan fingerprint density at radius 1 is 1.12 bits per heavy atom. The summed E-state index contributed by atoms with van der Waals surface area (Å²) < 4.78 is 13.7. The van der Waals surface area contributed by atoms with Gasteiger partial charge in [-0.15, -0.1) is 0 Å². The molecule has 0 bridgehead atoms. The van der Waals surface area contributed by atoms with Crippen LogP contribution in [0.3, 0.4) is 0 Å². The highest BCUT2D eigenvalue weighted by molar-refractivity contribution is 7.00. The molecule has 0 aliphatic carbocycles. The Morgan fingerprint density at radius 2 is 1.88 bits per heavy atom. The summed E-state index contributed by atoms with van der Waals surface area (Å²) >= 11 is 1.23. The highest BCUT2D eigenvalue weighted by Gasteiger charge is 2.32. The predicted molar refractivity (Wildman–Crippen MR) is 103 cm³/mol. The van der Waals surface area contributed by atoms with Crippen LogP contribution in [0.1, 0.15) is 12.5 Å². The molecule has 1 aliphatic rings. The van der Waals surface area contributed by atoms with Gasteiger partial charge in [-0.1, -0.05) is 6.07 Å². The summed E-state index contributed by atoms with van der Waals surface area (Å²) in [6, 6.07) is 13.6. The van der Waals surface area contributed by atoms with Gasteiger partial charge in [-0.05, 0) is 48.9 Å². The zero-order valence-corrected chi connectivity index (χ0v) is 15.6. The minimum Gasteiger partial charge on any atom is -0.497 e. The number of carbonyl (C=O) groups excluding carboxylic acids is 1. The molecule has 1 fully saturated rings. The van der Waals surface area contributed by atoms with Crippen LogP contribution < -0.4 is 9.64 Å². The van der Waals surface area contributed by atoms with E-state index < -0.39 is 0 Å². The first kappa shape index (κ1) is 16.9. The minimum atomic E-state index is -0.171. The van der Waals surface area contributed by atoms with Gasteiger partial charge in [0.2, 0.25) is 5.91 Å². The highest BCUT2D eigenvalue weighted by Crippen LogP contribution is 2.24. The zero-order chi connectivity index (χ0) is 18.1. The molecule has 2 aromatic carbocycles. The first-order chi connectivity index (χ1) is 12.7. The third-order valence-electron chi connectivity index (χ3n) is 4.87. The van der Waals surface area contributed by atoms with Crippen molar-refractivity contribution in [1.29, 1.82) is 0 Å². The lowest BCUT2D eigenvalue weighted by atomic mass is 10.1. The zero-order valence-electron chi connectivity index (χ0n) is 14.8. The Morgan fingerprint density at radius 3 is 2.65 bits per heavy atom. The molecule has 1 amide bonds. The molecule has 134 valence electrons. The van der Waals surface area contributed by atoms with Gasteiger partial charge in [-0.3, -0.25) is 9.69 Å². The fourth-order valence-corrected chi connectivity index (χ4v) is 3.83. The number of nitrogens with zero attached hydrogens (tertiary/aromatic N) is 4. The first-order valence-corrected chi connectivity index (χ1v) is 9.29. The van der Waals surface area contributed by atoms with Gasteiger partial charge in [-0.2, -0.15) is 8.75 Å². The molecule has 1 atom stereocenters. The molecule has 7 heteroatoms. The van der Waals surface area contributed by atoms with Gasteiger partial charge in [0.05, 0.1) is 24.9 Å². The number of carbonyl (C=O) groups is 1. The van der Waals surface area contributed by atoms with Crippen molar-refractivity contribution in [2.45, 2.75) is 19.5 Å². The average Bonchev–Trinajstić information content (AvgIpc) is 3.14. The fourth-order valence-electron chi connectivity index (χ4n) is 3.31. The number of ether oxygens (including phenoxy) is 1. The third-order valence-corrected chi connectivity index (χ3v) is 5.43. The van der Waals surface area contributed by atoms with Crippen LogP contribution in [-0.4, -0.2) is 45.8 Å². The van der Waals surface area contributed by atoms with E-state index in [0.29, 0.717) is 6.54 Å². The summed E-state index contributed by atoms with van der Waals surface area (Å²) in [6.45, 7) is 4.21. The molecule has 26 heavy (non-hydrogen) atoms. The van der Waals surface area contributed by atoms with E-state index in [1.807, 2.05) is 42.2 Å². The van der Waals surface area contributed by atoms with Crippen LogP contribution in [0.25, 0.3) is 11.0 Å². The molecular formula is C19H20N4O2S. The van der Waals surface area contributed by atoms with E-state index in [-0.39, 0.29) is 11.9 Å². The van der Waals surface area contributed by atoms with E-state index >= 15 is 0 Å². The van der Waals surface area contributed by atoms with Crippen molar-refractivity contribution < 1.29 is 9.53 Å². The van der Waals surface area contributed by atoms with E-state index in [4.69, 9.17) is 4.74 Å². The minimum absolute atomic E-state index is 0.123. The number of amides is 1. The van der Waals surface area contributed by atoms with Gasteiger partial charge in [0, 0.05) is 25.3 Å². The van der Waals surface area contributed by atoms with Gasteiger partial charge >= 0.3 is 0 Å². The number of piperazine rings is 1. The molecule has 0 radical (unpaired) electrons. The number of benzene rings is 2. The monoisotopic (exact) mass is 368 g/mol. The number of rotatable bonds is 4. The van der Waals surface area contributed by atoms with Crippen molar-refractivity contribution in [1.82, 2.24) is 13.6 Å². The molecule has 3 aromatic rings. The Labute approximate surface area is 156 Å². The number of methoxy groups -OCH3 is 1. The molecule has 1 aliphatic heterocycles. The lowest BCUT2D eigenvalue weighted by Gasteiger charge is -2.39. The van der Waals surface area contributed by atoms with Crippen molar-refractivity contribution in [2.75, 3.05) is 25.1 Å². The molecule has 0 unspecified atom stereocenters. The SMILES string of the molecule is COc1ccc(N2CCN(Cc3ccc4nsnc4c3)[C@H](C)C2=O)cc1. The van der Waals surface area contributed by atoms with Gasteiger partial charge in [0.15, 0.2) is 0 Å². The Bertz CT molecular complexity index is 925. The smallest absolute Gasteiger partial charge is 0.244 e. The van der Waals surface area contributed by atoms with Gasteiger partial charge in [0.1, 0.15) is 16.8 Å². The fraction of sp³-hybridized carbons (Fsp3) is 0.316.